The largest absolute Gasteiger partial charge is 0.396 e. The number of pyridine rings is 1. The van der Waals surface area contributed by atoms with Crippen molar-refractivity contribution < 1.29 is 5.11 Å². The Hall–Kier alpha value is -1.62. The molecule has 0 spiro atoms. The summed E-state index contributed by atoms with van der Waals surface area (Å²) in [6, 6.07) is 1.85. The third-order valence-corrected chi connectivity index (χ3v) is 2.81. The van der Waals surface area contributed by atoms with Gasteiger partial charge in [-0.1, -0.05) is 13.8 Å². The molecule has 0 aliphatic rings. The Labute approximate surface area is 108 Å². The topological polar surface area (TPSA) is 95.0 Å². The van der Waals surface area contributed by atoms with Gasteiger partial charge >= 0.3 is 0 Å². The molecule has 5 nitrogen and oxygen atoms in total. The zero-order chi connectivity index (χ0) is 13.7. The molecule has 18 heavy (non-hydrogen) atoms. The van der Waals surface area contributed by atoms with Crippen molar-refractivity contribution in [2.75, 3.05) is 24.7 Å². The van der Waals surface area contributed by atoms with Gasteiger partial charge in [-0.25, -0.2) is 4.98 Å². The Bertz CT molecular complexity index is 429. The molecule has 1 heterocycles. The Morgan fingerprint density at radius 1 is 1.56 bits per heavy atom. The second-order valence-corrected chi connectivity index (χ2v) is 4.57. The van der Waals surface area contributed by atoms with Gasteiger partial charge in [-0.2, -0.15) is 0 Å². The summed E-state index contributed by atoms with van der Waals surface area (Å²) >= 11 is 0. The van der Waals surface area contributed by atoms with Gasteiger partial charge in [0.05, 0.1) is 11.4 Å². The highest BCUT2D eigenvalue weighted by molar-refractivity contribution is 6.02. The number of anilines is 2. The number of nitrogens with zero attached hydrogens (tertiary/aromatic N) is 1. The summed E-state index contributed by atoms with van der Waals surface area (Å²) in [7, 11) is 1.82. The third kappa shape index (κ3) is 3.20. The van der Waals surface area contributed by atoms with Gasteiger partial charge in [0.25, 0.3) is 0 Å². The molecule has 0 amide bonds. The van der Waals surface area contributed by atoms with Crippen molar-refractivity contribution in [1.29, 1.82) is 5.41 Å². The molecular weight excluding hydrogens is 228 g/mol. The van der Waals surface area contributed by atoms with Crippen molar-refractivity contribution in [2.45, 2.75) is 32.6 Å². The smallest absolute Gasteiger partial charge is 0.124 e. The van der Waals surface area contributed by atoms with E-state index in [1.54, 1.807) is 0 Å². The molecule has 100 valence electrons. The average Bonchev–Trinajstić information content (AvgIpc) is 2.34. The quantitative estimate of drug-likeness (QED) is 0.580. The summed E-state index contributed by atoms with van der Waals surface area (Å²) in [5.74, 6) is 0.739. The van der Waals surface area contributed by atoms with E-state index in [9.17, 15) is 0 Å². The van der Waals surface area contributed by atoms with Crippen molar-refractivity contribution in [1.82, 2.24) is 4.98 Å². The minimum atomic E-state index is 0.0800. The first-order valence-electron chi connectivity index (χ1n) is 6.18. The molecule has 1 rings (SSSR count). The minimum absolute atomic E-state index is 0.0800. The number of rotatable bonds is 6. The van der Waals surface area contributed by atoms with E-state index in [-0.39, 0.29) is 6.61 Å². The maximum absolute atomic E-state index is 8.83. The molecule has 0 aliphatic heterocycles. The molecule has 5 N–H and O–H groups in total. The highest BCUT2D eigenvalue weighted by Gasteiger charge is 2.16. The second kappa shape index (κ2) is 6.35. The average molecular weight is 250 g/mol. The molecule has 0 bridgehead atoms. The van der Waals surface area contributed by atoms with Crippen LogP contribution >= 0.6 is 0 Å². The predicted molar refractivity (Wildman–Crippen MR) is 75.4 cm³/mol. The van der Waals surface area contributed by atoms with Gasteiger partial charge in [-0.05, 0) is 30.4 Å². The molecule has 0 radical (unpaired) electrons. The SMILES string of the molecule is CNc1c(C(C)C)cc(N)nc1C(=N)CCCO. The Morgan fingerprint density at radius 2 is 2.22 bits per heavy atom. The van der Waals surface area contributed by atoms with Gasteiger partial charge < -0.3 is 21.6 Å². The van der Waals surface area contributed by atoms with Crippen molar-refractivity contribution in [3.05, 3.63) is 17.3 Å². The van der Waals surface area contributed by atoms with Gasteiger partial charge in [-0.15, -0.1) is 0 Å². The van der Waals surface area contributed by atoms with E-state index in [0.717, 1.165) is 11.3 Å². The van der Waals surface area contributed by atoms with Crippen LogP contribution < -0.4 is 11.1 Å². The molecule has 0 aliphatic carbocycles. The van der Waals surface area contributed by atoms with Gasteiger partial charge in [-0.3, -0.25) is 0 Å². The number of nitrogen functional groups attached to an aromatic ring is 1. The monoisotopic (exact) mass is 250 g/mol. The maximum Gasteiger partial charge on any atom is 0.124 e. The van der Waals surface area contributed by atoms with Crippen LogP contribution in [0, 0.1) is 5.41 Å². The predicted octanol–water partition coefficient (Wildman–Crippen LogP) is 1.97. The first-order valence-corrected chi connectivity index (χ1v) is 6.18. The lowest BCUT2D eigenvalue weighted by atomic mass is 9.98. The van der Waals surface area contributed by atoms with E-state index in [2.05, 4.69) is 24.1 Å². The Morgan fingerprint density at radius 3 is 2.72 bits per heavy atom. The van der Waals surface area contributed by atoms with Crippen LogP contribution in [0.5, 0.6) is 0 Å². The molecule has 0 saturated heterocycles. The summed E-state index contributed by atoms with van der Waals surface area (Å²) in [5.41, 5.74) is 8.73. The lowest BCUT2D eigenvalue weighted by Gasteiger charge is -2.17. The zero-order valence-corrected chi connectivity index (χ0v) is 11.2. The number of aromatic nitrogens is 1. The normalized spacial score (nSPS) is 10.7. The number of aliphatic hydroxyl groups is 1. The molecule has 0 aromatic carbocycles. The summed E-state index contributed by atoms with van der Waals surface area (Å²) in [6.45, 7) is 4.24. The third-order valence-electron chi connectivity index (χ3n) is 2.81. The van der Waals surface area contributed by atoms with Crippen LogP contribution in [0.25, 0.3) is 0 Å². The second-order valence-electron chi connectivity index (χ2n) is 4.57. The lowest BCUT2D eigenvalue weighted by Crippen LogP contribution is -2.12. The summed E-state index contributed by atoms with van der Waals surface area (Å²) in [5, 5.41) is 20.0. The molecule has 5 heteroatoms. The van der Waals surface area contributed by atoms with E-state index in [0.29, 0.717) is 36.0 Å². The number of hydrogen-bond acceptors (Lipinski definition) is 5. The van der Waals surface area contributed by atoms with E-state index >= 15 is 0 Å². The molecular formula is C13H22N4O. The van der Waals surface area contributed by atoms with Crippen LogP contribution in [-0.4, -0.2) is 29.5 Å². The zero-order valence-electron chi connectivity index (χ0n) is 11.2. The number of aliphatic hydroxyl groups excluding tert-OH is 1. The fourth-order valence-corrected chi connectivity index (χ4v) is 1.90. The van der Waals surface area contributed by atoms with Crippen LogP contribution in [0.2, 0.25) is 0 Å². The van der Waals surface area contributed by atoms with Crippen molar-refractivity contribution >= 4 is 17.2 Å². The highest BCUT2D eigenvalue weighted by atomic mass is 16.2. The fourth-order valence-electron chi connectivity index (χ4n) is 1.90. The van der Waals surface area contributed by atoms with Crippen LogP contribution in [0.3, 0.4) is 0 Å². The number of nitrogens with one attached hydrogen (secondary N) is 2. The van der Waals surface area contributed by atoms with Gasteiger partial charge in [0.2, 0.25) is 0 Å². The maximum atomic E-state index is 8.83. The summed E-state index contributed by atoms with van der Waals surface area (Å²) in [4.78, 5) is 4.25. The fraction of sp³-hybridized carbons (Fsp3) is 0.538. The molecule has 0 unspecified atom stereocenters. The highest BCUT2D eigenvalue weighted by Crippen LogP contribution is 2.29. The summed E-state index contributed by atoms with van der Waals surface area (Å²) in [6.07, 6.45) is 1.06. The van der Waals surface area contributed by atoms with Crippen LogP contribution in [0.1, 0.15) is 43.9 Å². The van der Waals surface area contributed by atoms with Crippen LogP contribution in [0.4, 0.5) is 11.5 Å². The standard InChI is InChI=1S/C13H22N4O/c1-8(2)9-7-11(15)17-13(12(9)16-3)10(14)5-4-6-18/h7-8,14,16,18H,4-6H2,1-3H3,(H2,15,17). The van der Waals surface area contributed by atoms with E-state index in [1.165, 1.54) is 0 Å². The van der Waals surface area contributed by atoms with E-state index in [1.807, 2.05) is 13.1 Å². The molecule has 1 aromatic rings. The first-order chi connectivity index (χ1) is 8.51. The Kier molecular flexibility index (Phi) is 5.09. The Balaban J connectivity index is 3.20. The van der Waals surface area contributed by atoms with Gasteiger partial charge in [0.1, 0.15) is 11.5 Å². The van der Waals surface area contributed by atoms with Crippen molar-refractivity contribution in [2.24, 2.45) is 0 Å². The van der Waals surface area contributed by atoms with E-state index < -0.39 is 0 Å². The number of hydrogen-bond donors (Lipinski definition) is 4. The van der Waals surface area contributed by atoms with Crippen LogP contribution in [-0.2, 0) is 0 Å². The van der Waals surface area contributed by atoms with Gasteiger partial charge in [0, 0.05) is 13.7 Å². The van der Waals surface area contributed by atoms with Crippen LogP contribution in [0.15, 0.2) is 6.07 Å². The lowest BCUT2D eigenvalue weighted by molar-refractivity contribution is 0.291. The molecule has 0 saturated carbocycles. The summed E-state index contributed by atoms with van der Waals surface area (Å²) < 4.78 is 0. The molecule has 0 fully saturated rings. The van der Waals surface area contributed by atoms with E-state index in [4.69, 9.17) is 16.2 Å². The van der Waals surface area contributed by atoms with Gasteiger partial charge in [0.15, 0.2) is 0 Å². The number of nitrogens with two attached hydrogens (primary N) is 1. The molecule has 0 atom stereocenters. The molecule has 1 aromatic heterocycles. The first kappa shape index (κ1) is 14.4. The van der Waals surface area contributed by atoms with Crippen molar-refractivity contribution in [3.63, 3.8) is 0 Å². The minimum Gasteiger partial charge on any atom is -0.396 e. The van der Waals surface area contributed by atoms with Crippen molar-refractivity contribution in [3.8, 4) is 0 Å².